The van der Waals surface area contributed by atoms with Crippen LogP contribution >= 0.6 is 0 Å². The molecule has 0 bridgehead atoms. The molecule has 5 nitrogen and oxygen atoms in total. The number of hydrogen-bond acceptors (Lipinski definition) is 4. The standard InChI is InChI=1S/C15H23N3O2/c1-12-10-18(8-5-9-20-12)11-14(15(19)17-16)13-6-3-2-4-7-13/h2-4,6-7,12,14H,5,8-11,16H2,1H3,(H,17,19). The Kier molecular flexibility index (Phi) is 5.52. The fourth-order valence-electron chi connectivity index (χ4n) is 2.63. The topological polar surface area (TPSA) is 67.6 Å². The highest BCUT2D eigenvalue weighted by atomic mass is 16.5. The Balaban J connectivity index is 2.09. The summed E-state index contributed by atoms with van der Waals surface area (Å²) >= 11 is 0. The summed E-state index contributed by atoms with van der Waals surface area (Å²) in [7, 11) is 0. The van der Waals surface area contributed by atoms with E-state index in [9.17, 15) is 4.79 Å². The molecule has 1 aliphatic heterocycles. The fraction of sp³-hybridized carbons (Fsp3) is 0.533. The molecule has 1 amide bonds. The highest BCUT2D eigenvalue weighted by Gasteiger charge is 2.24. The van der Waals surface area contributed by atoms with Gasteiger partial charge in [-0.1, -0.05) is 30.3 Å². The van der Waals surface area contributed by atoms with Crippen molar-refractivity contribution >= 4 is 5.91 Å². The Morgan fingerprint density at radius 3 is 2.95 bits per heavy atom. The number of amides is 1. The van der Waals surface area contributed by atoms with Crippen LogP contribution in [0.25, 0.3) is 0 Å². The average Bonchev–Trinajstić information content (AvgIpc) is 2.69. The summed E-state index contributed by atoms with van der Waals surface area (Å²) in [5.41, 5.74) is 3.28. The van der Waals surface area contributed by atoms with E-state index in [-0.39, 0.29) is 17.9 Å². The molecule has 1 saturated heterocycles. The van der Waals surface area contributed by atoms with E-state index in [1.54, 1.807) is 0 Å². The van der Waals surface area contributed by atoms with E-state index in [1.165, 1.54) is 0 Å². The molecule has 1 aromatic carbocycles. The van der Waals surface area contributed by atoms with E-state index in [0.717, 1.165) is 31.7 Å². The highest BCUT2D eigenvalue weighted by molar-refractivity contribution is 5.83. The van der Waals surface area contributed by atoms with Gasteiger partial charge in [0, 0.05) is 26.2 Å². The summed E-state index contributed by atoms with van der Waals surface area (Å²) < 4.78 is 5.64. The monoisotopic (exact) mass is 277 g/mol. The molecule has 2 rings (SSSR count). The average molecular weight is 277 g/mol. The van der Waals surface area contributed by atoms with Crippen LogP contribution in [0.4, 0.5) is 0 Å². The first-order valence-electron chi connectivity index (χ1n) is 7.10. The van der Waals surface area contributed by atoms with Crippen LogP contribution in [0.3, 0.4) is 0 Å². The smallest absolute Gasteiger partial charge is 0.242 e. The number of ether oxygens (including phenoxy) is 1. The molecule has 0 aliphatic carbocycles. The van der Waals surface area contributed by atoms with Gasteiger partial charge in [0.25, 0.3) is 0 Å². The lowest BCUT2D eigenvalue weighted by Gasteiger charge is -2.26. The first kappa shape index (κ1) is 15.0. The maximum atomic E-state index is 12.1. The number of rotatable bonds is 4. The molecule has 110 valence electrons. The minimum atomic E-state index is -0.244. The van der Waals surface area contributed by atoms with Crippen molar-refractivity contribution in [1.29, 1.82) is 0 Å². The zero-order valence-electron chi connectivity index (χ0n) is 11.9. The van der Waals surface area contributed by atoms with E-state index < -0.39 is 0 Å². The Bertz CT molecular complexity index is 424. The zero-order valence-corrected chi connectivity index (χ0v) is 11.9. The van der Waals surface area contributed by atoms with Gasteiger partial charge in [0.05, 0.1) is 12.0 Å². The maximum Gasteiger partial charge on any atom is 0.242 e. The summed E-state index contributed by atoms with van der Waals surface area (Å²) in [5.74, 6) is 4.94. The molecule has 0 spiro atoms. The number of hydrazine groups is 1. The maximum absolute atomic E-state index is 12.1. The van der Waals surface area contributed by atoms with Crippen molar-refractivity contribution in [3.63, 3.8) is 0 Å². The number of benzene rings is 1. The predicted octanol–water partition coefficient (Wildman–Crippen LogP) is 0.871. The number of hydrogen-bond donors (Lipinski definition) is 2. The van der Waals surface area contributed by atoms with Gasteiger partial charge in [0.2, 0.25) is 5.91 Å². The number of nitrogens with two attached hydrogens (primary N) is 1. The van der Waals surface area contributed by atoms with Crippen molar-refractivity contribution in [2.24, 2.45) is 5.84 Å². The van der Waals surface area contributed by atoms with Crippen LogP contribution in [0.1, 0.15) is 24.8 Å². The number of carbonyl (C=O) groups excluding carboxylic acids is 1. The quantitative estimate of drug-likeness (QED) is 0.487. The molecule has 0 saturated carbocycles. The molecule has 2 atom stereocenters. The van der Waals surface area contributed by atoms with Crippen molar-refractivity contribution in [1.82, 2.24) is 10.3 Å². The summed E-state index contributed by atoms with van der Waals surface area (Å²) in [5, 5.41) is 0. The summed E-state index contributed by atoms with van der Waals surface area (Å²) in [6, 6.07) is 9.78. The Morgan fingerprint density at radius 2 is 2.25 bits per heavy atom. The lowest BCUT2D eigenvalue weighted by molar-refractivity contribution is -0.123. The van der Waals surface area contributed by atoms with Crippen molar-refractivity contribution in [2.75, 3.05) is 26.2 Å². The number of carbonyl (C=O) groups is 1. The molecular weight excluding hydrogens is 254 g/mol. The van der Waals surface area contributed by atoms with Crippen molar-refractivity contribution < 1.29 is 9.53 Å². The lowest BCUT2D eigenvalue weighted by atomic mass is 9.97. The second-order valence-electron chi connectivity index (χ2n) is 5.27. The summed E-state index contributed by atoms with van der Waals surface area (Å²) in [6.45, 7) is 5.32. The third-order valence-corrected chi connectivity index (χ3v) is 3.64. The predicted molar refractivity (Wildman–Crippen MR) is 78.0 cm³/mol. The molecule has 1 heterocycles. The van der Waals surface area contributed by atoms with Crippen LogP contribution in [0.5, 0.6) is 0 Å². The van der Waals surface area contributed by atoms with Crippen molar-refractivity contribution in [3.8, 4) is 0 Å². The van der Waals surface area contributed by atoms with Crippen LogP contribution in [0.2, 0.25) is 0 Å². The number of nitrogens with zero attached hydrogens (tertiary/aromatic N) is 1. The van der Waals surface area contributed by atoms with E-state index in [0.29, 0.717) is 6.54 Å². The molecule has 1 fully saturated rings. The largest absolute Gasteiger partial charge is 0.377 e. The van der Waals surface area contributed by atoms with Gasteiger partial charge in [-0.15, -0.1) is 0 Å². The first-order chi connectivity index (χ1) is 9.70. The Labute approximate surface area is 120 Å². The second-order valence-corrected chi connectivity index (χ2v) is 5.27. The minimum Gasteiger partial charge on any atom is -0.377 e. The van der Waals surface area contributed by atoms with Gasteiger partial charge in [-0.25, -0.2) is 5.84 Å². The molecule has 0 radical (unpaired) electrons. The first-order valence-corrected chi connectivity index (χ1v) is 7.10. The van der Waals surface area contributed by atoms with E-state index >= 15 is 0 Å². The third kappa shape index (κ3) is 4.03. The van der Waals surface area contributed by atoms with Crippen LogP contribution in [-0.4, -0.2) is 43.2 Å². The van der Waals surface area contributed by atoms with Gasteiger partial charge in [0.15, 0.2) is 0 Å². The highest BCUT2D eigenvalue weighted by Crippen LogP contribution is 2.18. The van der Waals surface area contributed by atoms with Gasteiger partial charge in [0.1, 0.15) is 0 Å². The van der Waals surface area contributed by atoms with Gasteiger partial charge in [-0.2, -0.15) is 0 Å². The van der Waals surface area contributed by atoms with Gasteiger partial charge in [-0.05, 0) is 18.9 Å². The number of nitrogens with one attached hydrogen (secondary N) is 1. The second kappa shape index (κ2) is 7.38. The van der Waals surface area contributed by atoms with E-state index in [4.69, 9.17) is 10.6 Å². The van der Waals surface area contributed by atoms with E-state index in [1.807, 2.05) is 30.3 Å². The molecule has 0 aromatic heterocycles. The Morgan fingerprint density at radius 1 is 1.50 bits per heavy atom. The van der Waals surface area contributed by atoms with Gasteiger partial charge in [-0.3, -0.25) is 15.1 Å². The van der Waals surface area contributed by atoms with Gasteiger partial charge < -0.3 is 4.74 Å². The van der Waals surface area contributed by atoms with E-state index in [2.05, 4.69) is 17.2 Å². The Hall–Kier alpha value is -1.43. The van der Waals surface area contributed by atoms with Crippen LogP contribution < -0.4 is 11.3 Å². The third-order valence-electron chi connectivity index (χ3n) is 3.64. The summed E-state index contributed by atoms with van der Waals surface area (Å²) in [6.07, 6.45) is 1.20. The zero-order chi connectivity index (χ0) is 14.4. The SMILES string of the molecule is CC1CN(CC(C(=O)NN)c2ccccc2)CCCO1. The molecular formula is C15H23N3O2. The van der Waals surface area contributed by atoms with Crippen LogP contribution in [0.15, 0.2) is 30.3 Å². The minimum absolute atomic E-state index is 0.144. The molecule has 3 N–H and O–H groups in total. The molecule has 20 heavy (non-hydrogen) atoms. The van der Waals surface area contributed by atoms with Crippen LogP contribution in [-0.2, 0) is 9.53 Å². The normalized spacial score (nSPS) is 22.0. The fourth-order valence-corrected chi connectivity index (χ4v) is 2.63. The van der Waals surface area contributed by atoms with Crippen LogP contribution in [0, 0.1) is 0 Å². The molecule has 1 aromatic rings. The molecule has 2 unspecified atom stereocenters. The molecule has 5 heteroatoms. The van der Waals surface area contributed by atoms with Crippen molar-refractivity contribution in [2.45, 2.75) is 25.4 Å². The lowest BCUT2D eigenvalue weighted by Crippen LogP contribution is -2.42. The molecule has 1 aliphatic rings. The summed E-state index contributed by atoms with van der Waals surface area (Å²) in [4.78, 5) is 14.3. The van der Waals surface area contributed by atoms with Gasteiger partial charge >= 0.3 is 0 Å². The van der Waals surface area contributed by atoms with Crippen molar-refractivity contribution in [3.05, 3.63) is 35.9 Å².